The van der Waals surface area contributed by atoms with Crippen LogP contribution >= 0.6 is 0 Å². The molecule has 0 aliphatic carbocycles. The van der Waals surface area contributed by atoms with E-state index in [1.807, 2.05) is 88.9 Å². The lowest BCUT2D eigenvalue weighted by Crippen LogP contribution is -2.31. The van der Waals surface area contributed by atoms with Gasteiger partial charge >= 0.3 is 27.2 Å². The molecule has 0 aromatic heterocycles. The molecule has 115 heavy (non-hydrogen) atoms. The summed E-state index contributed by atoms with van der Waals surface area (Å²) in [6, 6.07) is 25.6. The summed E-state index contributed by atoms with van der Waals surface area (Å²) in [6.07, 6.45) is 14.3. The molecular weight excluding hydrogens is 1660 g/mol. The molecular formula is C75H89N5O27S8. The second kappa shape index (κ2) is 36.1. The van der Waals surface area contributed by atoms with Crippen molar-refractivity contribution in [3.63, 3.8) is 0 Å². The number of allylic oxidation sites excluding steroid dienone is 8. The maximum Gasteiger partial charge on any atom is 0.425 e. The molecule has 10 rings (SSSR count). The van der Waals surface area contributed by atoms with Crippen LogP contribution < -0.4 is 15.1 Å². The standard InChI is InChI=1S/C75H89N5O21S6.2O3S/c1-72(2)56-47-50(31-35-58(56)78(42-19-45-103(87,88)89)64(72)25-16-26-65-73(3,4)57-48-51(105(93,94)95)32-36-59(57)77(65)40-13-9-11-30-69(82)83)49-76-68(81)29-10-8-12-41-79-60-37-33-52-54(21-14-23-62(52)106(96,97)98)70(60)74(5,6)66(79)27-17-28-67-75(7,39-18-44-102(84,85)86)71-55-22-15-24-63(107(99,100)101)53(55)34-38-61(71)80(67)43-20-46-104(90,91)92;2*1-4(2)3/h14-17,21-28,31-38,47-48H,8-13,18-20,29-30,39-46,49H2,1-7H3,(H6-2,76,81,82,83,84,85,86,87,88,89,90,91,92,93,94,95,96,97,98,99,100,101);;. The lowest BCUT2D eigenvalue weighted by molar-refractivity contribution is -0.438. The molecule has 1 amide bonds. The molecule has 0 bridgehead atoms. The van der Waals surface area contributed by atoms with Gasteiger partial charge in [-0.2, -0.15) is 42.8 Å². The van der Waals surface area contributed by atoms with Gasteiger partial charge in [-0.25, -0.2) is 16.8 Å². The molecule has 6 N–H and O–H groups in total. The molecule has 6 aromatic carbocycles. The van der Waals surface area contributed by atoms with Crippen molar-refractivity contribution < 1.29 is 127 Å². The Balaban J connectivity index is 0.00000197. The third-order valence-electron chi connectivity index (χ3n) is 20.9. The summed E-state index contributed by atoms with van der Waals surface area (Å²) in [7, 11) is -34.0. The lowest BCUT2D eigenvalue weighted by atomic mass is 9.75. The highest BCUT2D eigenvalue weighted by molar-refractivity contribution is 7.87. The van der Waals surface area contributed by atoms with Crippen LogP contribution in [0.4, 0.5) is 22.7 Å². The minimum Gasteiger partial charge on any atom is -0.748 e. The molecule has 4 aliphatic heterocycles. The van der Waals surface area contributed by atoms with E-state index in [0.29, 0.717) is 84.9 Å². The first-order valence-electron chi connectivity index (χ1n) is 36.0. The van der Waals surface area contributed by atoms with E-state index in [1.165, 1.54) is 36.4 Å². The highest BCUT2D eigenvalue weighted by atomic mass is 32.2. The second-order valence-corrected chi connectivity index (χ2v) is 39.4. The Kier molecular flexibility index (Phi) is 28.8. The molecule has 0 fully saturated rings. The largest absolute Gasteiger partial charge is 0.748 e. The number of carboxylic acids is 1. The number of carbonyl (C=O) groups is 2. The summed E-state index contributed by atoms with van der Waals surface area (Å²) >= 11 is 0. The molecule has 1 atom stereocenters. The van der Waals surface area contributed by atoms with Crippen LogP contribution in [0.3, 0.4) is 0 Å². The van der Waals surface area contributed by atoms with Crippen LogP contribution in [0, 0.1) is 0 Å². The van der Waals surface area contributed by atoms with E-state index in [9.17, 15) is 92.5 Å². The van der Waals surface area contributed by atoms with E-state index in [2.05, 4.69) is 14.5 Å². The summed E-state index contributed by atoms with van der Waals surface area (Å²) in [4.78, 5) is 27.9. The maximum absolute atomic E-state index is 13.8. The van der Waals surface area contributed by atoms with Gasteiger partial charge in [0.05, 0.1) is 41.7 Å². The Morgan fingerprint density at radius 2 is 0.965 bits per heavy atom. The van der Waals surface area contributed by atoms with Gasteiger partial charge in [0, 0.05) is 137 Å². The van der Waals surface area contributed by atoms with Gasteiger partial charge in [-0.15, -0.1) is 25.3 Å². The number of anilines is 2. The van der Waals surface area contributed by atoms with Crippen LogP contribution in [0.5, 0.6) is 0 Å². The van der Waals surface area contributed by atoms with Crippen molar-refractivity contribution in [3.8, 4) is 0 Å². The summed E-state index contributed by atoms with van der Waals surface area (Å²) < 4.78 is 268. The number of benzene rings is 6. The summed E-state index contributed by atoms with van der Waals surface area (Å²) in [5.41, 5.74) is 5.45. The molecule has 40 heteroatoms. The highest BCUT2D eigenvalue weighted by Gasteiger charge is 2.49. The number of hydrogen-bond acceptors (Lipinski definition) is 24. The number of fused-ring (bicyclic) bond motifs is 8. The third kappa shape index (κ3) is 22.4. The molecule has 4 heterocycles. The Labute approximate surface area is 671 Å². The maximum atomic E-state index is 13.8. The lowest BCUT2D eigenvalue weighted by Gasteiger charge is -2.31. The van der Waals surface area contributed by atoms with Gasteiger partial charge in [0.25, 0.3) is 40.5 Å². The van der Waals surface area contributed by atoms with Crippen LogP contribution in [-0.2, 0) is 120 Å². The molecule has 0 saturated heterocycles. The van der Waals surface area contributed by atoms with Gasteiger partial charge in [0.2, 0.25) is 17.3 Å². The monoisotopic (exact) mass is 1750 g/mol. The number of hydrogen-bond donors (Lipinski definition) is 6. The normalized spacial score (nSPS) is 17.7. The quantitative estimate of drug-likeness (QED) is 0.0127. The predicted octanol–water partition coefficient (Wildman–Crippen LogP) is 8.99. The van der Waals surface area contributed by atoms with Gasteiger partial charge in [-0.1, -0.05) is 68.5 Å². The number of nitrogens with zero attached hydrogens (tertiary/aromatic N) is 4. The Morgan fingerprint density at radius 3 is 1.48 bits per heavy atom. The van der Waals surface area contributed by atoms with E-state index in [0.717, 1.165) is 50.9 Å². The van der Waals surface area contributed by atoms with Crippen molar-refractivity contribution in [3.05, 3.63) is 173 Å². The first-order valence-corrected chi connectivity index (χ1v) is 47.1. The third-order valence-corrected chi connectivity index (χ3v) is 26.0. The molecule has 1 unspecified atom stereocenters. The molecule has 0 saturated carbocycles. The summed E-state index contributed by atoms with van der Waals surface area (Å²) in [5, 5.41) is 13.7. The van der Waals surface area contributed by atoms with E-state index in [-0.39, 0.29) is 84.6 Å². The minimum atomic E-state index is -4.78. The van der Waals surface area contributed by atoms with Crippen molar-refractivity contribution in [2.75, 3.05) is 53.2 Å². The smallest absolute Gasteiger partial charge is 0.425 e. The number of unbranched alkanes of at least 4 members (excludes halogenated alkanes) is 4. The van der Waals surface area contributed by atoms with Gasteiger partial charge in [0.15, 0.2) is 11.4 Å². The van der Waals surface area contributed by atoms with Crippen LogP contribution in [0.1, 0.15) is 153 Å². The van der Waals surface area contributed by atoms with Crippen molar-refractivity contribution in [2.45, 2.75) is 168 Å². The number of amides is 1. The molecule has 0 radical (unpaired) electrons. The van der Waals surface area contributed by atoms with Crippen LogP contribution in [-0.4, -0.2) is 184 Å². The fourth-order valence-electron chi connectivity index (χ4n) is 16.0. The minimum absolute atomic E-state index is 0.0141. The van der Waals surface area contributed by atoms with Crippen LogP contribution in [0.15, 0.2) is 160 Å². The van der Waals surface area contributed by atoms with Crippen molar-refractivity contribution >= 4 is 150 Å². The number of carboxylic acid groups (broad SMARTS) is 1. The Bertz CT molecular complexity index is 6020. The molecule has 4 aliphatic rings. The van der Waals surface area contributed by atoms with E-state index < -0.39 is 132 Å². The van der Waals surface area contributed by atoms with Gasteiger partial charge in [0.1, 0.15) is 22.9 Å². The Morgan fingerprint density at radius 1 is 0.487 bits per heavy atom. The average Bonchev–Trinajstić information content (AvgIpc) is 1.57. The zero-order valence-corrected chi connectivity index (χ0v) is 70.1. The number of aliphatic carboxylic acids is 1. The molecule has 624 valence electrons. The second-order valence-electron chi connectivity index (χ2n) is 29.8. The van der Waals surface area contributed by atoms with Crippen molar-refractivity contribution in [2.24, 2.45) is 0 Å². The highest BCUT2D eigenvalue weighted by Crippen LogP contribution is 2.55. The fraction of sp³-hybridized carbons (Fsp3) is 0.413. The van der Waals surface area contributed by atoms with E-state index in [4.69, 9.17) is 25.3 Å². The first-order chi connectivity index (χ1) is 53.2. The summed E-state index contributed by atoms with van der Waals surface area (Å²) in [6.45, 7) is 14.7. The molecule has 0 spiro atoms. The van der Waals surface area contributed by atoms with Crippen LogP contribution in [0.25, 0.3) is 21.5 Å². The molecule has 32 nitrogen and oxygen atoms in total. The van der Waals surface area contributed by atoms with Gasteiger partial charge in [-0.05, 0) is 168 Å². The first kappa shape index (κ1) is 91.9. The topological polar surface area (TPSA) is 513 Å². The van der Waals surface area contributed by atoms with Crippen LogP contribution in [0.2, 0.25) is 0 Å². The number of carbonyl (C=O) groups excluding carboxylic acids is 1. The van der Waals surface area contributed by atoms with Crippen molar-refractivity contribution in [1.29, 1.82) is 0 Å². The van der Waals surface area contributed by atoms with Gasteiger partial charge < -0.3 is 29.3 Å². The Hall–Kier alpha value is -8.62. The average molecular weight is 1750 g/mol. The van der Waals surface area contributed by atoms with E-state index >= 15 is 0 Å². The SMILES string of the molecule is CC1(C)C(=CC=CC2=[N+](CCCCCC(=O)O)c3ccc(S(=O)(=O)O)cc3C2(C)C)N(CCCS(=O)(=O)[O-])c2ccc(CNC(=O)CCCCC[N+]3=C(C=CC=C4N(CCCS(=O)(=O)[O-])c5ccc6c(S(=O)(=O)O)cccc6c5C4(C)CCCS(=O)(=O)O)C(C)(C)c4c3ccc3c(S(=O)(=O)O)cccc43)cc21.O=S(=O)=O.O=S(=O)=O. The summed E-state index contributed by atoms with van der Waals surface area (Å²) in [5.74, 6) is -3.10. The number of nitrogens with one attached hydrogen (secondary N) is 1. The zero-order valence-electron chi connectivity index (χ0n) is 63.6. The van der Waals surface area contributed by atoms with E-state index in [1.54, 1.807) is 66.4 Å². The fourth-order valence-corrected chi connectivity index (χ4v) is 19.4. The molecule has 6 aromatic rings. The zero-order chi connectivity index (χ0) is 85.6. The van der Waals surface area contributed by atoms with Gasteiger partial charge in [-0.3, -0.25) is 27.8 Å². The number of rotatable bonds is 33. The predicted molar refractivity (Wildman–Crippen MR) is 425 cm³/mol. The van der Waals surface area contributed by atoms with Crippen molar-refractivity contribution in [1.82, 2.24) is 5.32 Å².